The monoisotopic (exact) mass is 241 g/mol. The van der Waals surface area contributed by atoms with Gasteiger partial charge in [0.15, 0.2) is 0 Å². The van der Waals surface area contributed by atoms with Crippen LogP contribution in [0.25, 0.3) is 0 Å². The van der Waals surface area contributed by atoms with Crippen LogP contribution < -0.4 is 5.32 Å². The SMILES string of the molecule is COC1CCCC(NC2CCCC(CO)C2)C1. The van der Waals surface area contributed by atoms with Gasteiger partial charge in [-0.05, 0) is 50.9 Å². The van der Waals surface area contributed by atoms with E-state index in [1.54, 1.807) is 0 Å². The van der Waals surface area contributed by atoms with Crippen molar-refractivity contribution in [1.82, 2.24) is 5.32 Å². The van der Waals surface area contributed by atoms with Gasteiger partial charge in [0.2, 0.25) is 0 Å². The van der Waals surface area contributed by atoms with Gasteiger partial charge in [-0.25, -0.2) is 0 Å². The Hall–Kier alpha value is -0.120. The highest BCUT2D eigenvalue weighted by Gasteiger charge is 2.26. The van der Waals surface area contributed by atoms with Gasteiger partial charge in [-0.2, -0.15) is 0 Å². The van der Waals surface area contributed by atoms with E-state index >= 15 is 0 Å². The Morgan fingerprint density at radius 2 is 1.76 bits per heavy atom. The van der Waals surface area contributed by atoms with Gasteiger partial charge in [-0.1, -0.05) is 6.42 Å². The molecule has 0 saturated heterocycles. The Kier molecular flexibility index (Phi) is 5.26. The third kappa shape index (κ3) is 3.94. The van der Waals surface area contributed by atoms with Crippen LogP contribution >= 0.6 is 0 Å². The Balaban J connectivity index is 1.75. The minimum Gasteiger partial charge on any atom is -0.396 e. The van der Waals surface area contributed by atoms with Crippen molar-refractivity contribution in [3.8, 4) is 0 Å². The van der Waals surface area contributed by atoms with Crippen LogP contribution in [0.2, 0.25) is 0 Å². The van der Waals surface area contributed by atoms with Crippen LogP contribution in [0.1, 0.15) is 51.4 Å². The highest BCUT2D eigenvalue weighted by atomic mass is 16.5. The van der Waals surface area contributed by atoms with Crippen LogP contribution in [0.3, 0.4) is 0 Å². The molecular formula is C14H27NO2. The summed E-state index contributed by atoms with van der Waals surface area (Å²) in [6.07, 6.45) is 10.3. The van der Waals surface area contributed by atoms with E-state index in [0.29, 0.717) is 30.7 Å². The van der Waals surface area contributed by atoms with Crippen molar-refractivity contribution in [3.05, 3.63) is 0 Å². The van der Waals surface area contributed by atoms with Crippen molar-refractivity contribution in [1.29, 1.82) is 0 Å². The number of rotatable bonds is 4. The van der Waals surface area contributed by atoms with E-state index in [1.165, 1.54) is 38.5 Å². The van der Waals surface area contributed by atoms with Crippen molar-refractivity contribution in [2.24, 2.45) is 5.92 Å². The highest BCUT2D eigenvalue weighted by Crippen LogP contribution is 2.27. The standard InChI is InChI=1S/C14H27NO2/c1-17-14-7-3-6-13(9-14)15-12-5-2-4-11(8-12)10-16/h11-16H,2-10H2,1H3. The molecule has 0 bridgehead atoms. The second-order valence-electron chi connectivity index (χ2n) is 5.80. The molecule has 0 radical (unpaired) electrons. The molecule has 100 valence electrons. The molecule has 0 aromatic heterocycles. The molecule has 2 N–H and O–H groups in total. The fourth-order valence-electron chi connectivity index (χ4n) is 3.45. The number of methoxy groups -OCH3 is 1. The van der Waals surface area contributed by atoms with Crippen molar-refractivity contribution in [3.63, 3.8) is 0 Å². The summed E-state index contributed by atoms with van der Waals surface area (Å²) in [6.45, 7) is 0.365. The van der Waals surface area contributed by atoms with Crippen molar-refractivity contribution >= 4 is 0 Å². The van der Waals surface area contributed by atoms with E-state index in [1.807, 2.05) is 7.11 Å². The molecule has 3 heteroatoms. The molecule has 2 rings (SSSR count). The molecule has 17 heavy (non-hydrogen) atoms. The lowest BCUT2D eigenvalue weighted by Gasteiger charge is -2.35. The second kappa shape index (κ2) is 6.72. The second-order valence-corrected chi connectivity index (χ2v) is 5.80. The number of ether oxygens (including phenoxy) is 1. The molecule has 0 aliphatic heterocycles. The number of aliphatic hydroxyl groups excluding tert-OH is 1. The topological polar surface area (TPSA) is 41.5 Å². The van der Waals surface area contributed by atoms with Crippen LogP contribution in [-0.4, -0.2) is 37.0 Å². The minimum atomic E-state index is 0.365. The summed E-state index contributed by atoms with van der Waals surface area (Å²) in [5.74, 6) is 0.531. The Labute approximate surface area is 105 Å². The van der Waals surface area contributed by atoms with Gasteiger partial charge in [0.05, 0.1) is 6.10 Å². The summed E-state index contributed by atoms with van der Waals surface area (Å²) in [6, 6.07) is 1.26. The molecule has 2 aliphatic carbocycles. The van der Waals surface area contributed by atoms with E-state index in [4.69, 9.17) is 4.74 Å². The van der Waals surface area contributed by atoms with Gasteiger partial charge >= 0.3 is 0 Å². The summed E-state index contributed by atoms with van der Waals surface area (Å²) in [5.41, 5.74) is 0. The summed E-state index contributed by atoms with van der Waals surface area (Å²) in [4.78, 5) is 0. The zero-order chi connectivity index (χ0) is 12.1. The molecule has 0 heterocycles. The molecule has 2 fully saturated rings. The van der Waals surface area contributed by atoms with Gasteiger partial charge in [-0.15, -0.1) is 0 Å². The molecule has 0 spiro atoms. The predicted molar refractivity (Wildman–Crippen MR) is 69.0 cm³/mol. The first-order chi connectivity index (χ1) is 8.31. The normalized spacial score (nSPS) is 39.2. The minimum absolute atomic E-state index is 0.365. The molecule has 0 aromatic rings. The van der Waals surface area contributed by atoms with E-state index in [9.17, 15) is 5.11 Å². The first-order valence-electron chi connectivity index (χ1n) is 7.21. The summed E-state index contributed by atoms with van der Waals surface area (Å²) in [7, 11) is 1.83. The maximum atomic E-state index is 9.25. The fourth-order valence-corrected chi connectivity index (χ4v) is 3.45. The number of hydrogen-bond donors (Lipinski definition) is 2. The molecule has 4 atom stereocenters. The Bertz CT molecular complexity index is 200. The van der Waals surface area contributed by atoms with E-state index in [2.05, 4.69) is 5.32 Å². The van der Waals surface area contributed by atoms with Crippen LogP contribution in [-0.2, 0) is 4.74 Å². The quantitative estimate of drug-likeness (QED) is 0.792. The molecule has 4 unspecified atom stereocenters. The van der Waals surface area contributed by atoms with Gasteiger partial charge < -0.3 is 15.2 Å². The van der Waals surface area contributed by atoms with Crippen molar-refractivity contribution in [2.75, 3.05) is 13.7 Å². The zero-order valence-corrected chi connectivity index (χ0v) is 11.0. The Morgan fingerprint density at radius 3 is 2.47 bits per heavy atom. The third-order valence-corrected chi connectivity index (χ3v) is 4.47. The summed E-state index contributed by atoms with van der Waals surface area (Å²) >= 11 is 0. The van der Waals surface area contributed by atoms with Crippen LogP contribution in [0.15, 0.2) is 0 Å². The maximum Gasteiger partial charge on any atom is 0.0586 e. The lowest BCUT2D eigenvalue weighted by atomic mass is 9.84. The van der Waals surface area contributed by atoms with E-state index < -0.39 is 0 Å². The predicted octanol–water partition coefficient (Wildman–Crippen LogP) is 2.08. The first kappa shape index (κ1) is 13.3. The highest BCUT2D eigenvalue weighted by molar-refractivity contribution is 4.84. The van der Waals surface area contributed by atoms with Gasteiger partial charge in [-0.3, -0.25) is 0 Å². The maximum absolute atomic E-state index is 9.25. The average molecular weight is 241 g/mol. The third-order valence-electron chi connectivity index (χ3n) is 4.47. The fraction of sp³-hybridized carbons (Fsp3) is 1.00. The molecule has 0 amide bonds. The van der Waals surface area contributed by atoms with Crippen molar-refractivity contribution < 1.29 is 9.84 Å². The van der Waals surface area contributed by atoms with Crippen LogP contribution in [0, 0.1) is 5.92 Å². The first-order valence-corrected chi connectivity index (χ1v) is 7.21. The molecule has 3 nitrogen and oxygen atoms in total. The summed E-state index contributed by atoms with van der Waals surface area (Å²) < 4.78 is 5.47. The van der Waals surface area contributed by atoms with Gasteiger partial charge in [0.25, 0.3) is 0 Å². The average Bonchev–Trinajstić information content (AvgIpc) is 2.39. The van der Waals surface area contributed by atoms with Crippen LogP contribution in [0.4, 0.5) is 0 Å². The Morgan fingerprint density at radius 1 is 1.06 bits per heavy atom. The number of aliphatic hydroxyl groups is 1. The number of nitrogens with one attached hydrogen (secondary N) is 1. The zero-order valence-electron chi connectivity index (χ0n) is 11.0. The lowest BCUT2D eigenvalue weighted by molar-refractivity contribution is 0.0542. The molecule has 2 saturated carbocycles. The van der Waals surface area contributed by atoms with Gasteiger partial charge in [0, 0.05) is 25.8 Å². The molecule has 2 aliphatic rings. The van der Waals surface area contributed by atoms with Crippen molar-refractivity contribution in [2.45, 2.75) is 69.6 Å². The lowest BCUT2D eigenvalue weighted by Crippen LogP contribution is -2.44. The van der Waals surface area contributed by atoms with Gasteiger partial charge in [0.1, 0.15) is 0 Å². The number of hydrogen-bond acceptors (Lipinski definition) is 3. The van der Waals surface area contributed by atoms with E-state index in [0.717, 1.165) is 12.8 Å². The largest absolute Gasteiger partial charge is 0.396 e. The van der Waals surface area contributed by atoms with E-state index in [-0.39, 0.29) is 0 Å². The smallest absolute Gasteiger partial charge is 0.0586 e. The summed E-state index contributed by atoms with van der Waals surface area (Å²) in [5, 5.41) is 13.0. The molecular weight excluding hydrogens is 214 g/mol. The van der Waals surface area contributed by atoms with Crippen LogP contribution in [0.5, 0.6) is 0 Å². The molecule has 0 aromatic carbocycles.